The van der Waals surface area contributed by atoms with Crippen LogP contribution >= 0.6 is 0 Å². The molecule has 0 saturated carbocycles. The number of aliphatic hydroxyl groups is 1. The quantitative estimate of drug-likeness (QED) is 0.486. The lowest BCUT2D eigenvalue weighted by atomic mass is 9.86. The highest BCUT2D eigenvalue weighted by Gasteiger charge is 2.64. The second kappa shape index (κ2) is 8.41. The lowest BCUT2D eigenvalue weighted by Crippen LogP contribution is -2.66. The Hall–Kier alpha value is -2.98. The van der Waals surface area contributed by atoms with Gasteiger partial charge in [0, 0.05) is 19.4 Å². The Kier molecular flexibility index (Phi) is 6.09. The zero-order chi connectivity index (χ0) is 22.1. The summed E-state index contributed by atoms with van der Waals surface area (Å²) < 4.78 is 21.3. The fourth-order valence-corrected chi connectivity index (χ4v) is 3.58. The summed E-state index contributed by atoms with van der Waals surface area (Å²) in [6.07, 6.45) is -6.07. The number of hydrogen-bond donors (Lipinski definition) is 2. The Bertz CT molecular complexity index is 842. The average molecular weight is 421 g/mol. The largest absolute Gasteiger partial charge is 0.463 e. The molecule has 0 unspecified atom stereocenters. The van der Waals surface area contributed by atoms with Crippen LogP contribution in [0.25, 0.3) is 0 Å². The highest BCUT2D eigenvalue weighted by Crippen LogP contribution is 2.38. The van der Waals surface area contributed by atoms with Gasteiger partial charge in [0.25, 0.3) is 5.91 Å². The molecule has 0 aliphatic carbocycles. The van der Waals surface area contributed by atoms with Gasteiger partial charge in [0.15, 0.2) is 17.7 Å². The van der Waals surface area contributed by atoms with E-state index in [0.29, 0.717) is 5.56 Å². The van der Waals surface area contributed by atoms with Gasteiger partial charge < -0.3 is 29.4 Å². The predicted octanol–water partition coefficient (Wildman–Crippen LogP) is -0.276. The summed E-state index contributed by atoms with van der Waals surface area (Å²) in [6.45, 7) is 3.43. The minimum Gasteiger partial charge on any atom is -0.463 e. The first kappa shape index (κ1) is 21.7. The van der Waals surface area contributed by atoms with Gasteiger partial charge in [-0.2, -0.15) is 0 Å². The molecule has 2 aliphatic rings. The third-order valence-corrected chi connectivity index (χ3v) is 5.06. The maximum Gasteiger partial charge on any atom is 0.334 e. The number of rotatable bonds is 5. The van der Waals surface area contributed by atoms with Crippen molar-refractivity contribution >= 4 is 23.8 Å². The van der Waals surface area contributed by atoms with Crippen LogP contribution in [-0.2, 0) is 33.3 Å². The number of hydrogen-bond acceptors (Lipinski definition) is 9. The van der Waals surface area contributed by atoms with Crippen LogP contribution in [0.1, 0.15) is 31.1 Å². The van der Waals surface area contributed by atoms with Crippen LogP contribution in [0.5, 0.6) is 0 Å². The van der Waals surface area contributed by atoms with Crippen LogP contribution in [0.15, 0.2) is 30.3 Å². The number of nitrogens with one attached hydrogen (secondary N) is 1. The van der Waals surface area contributed by atoms with E-state index >= 15 is 0 Å². The normalized spacial score (nSPS) is 32.5. The third kappa shape index (κ3) is 4.14. The van der Waals surface area contributed by atoms with Crippen LogP contribution in [0, 0.1) is 0 Å². The van der Waals surface area contributed by atoms with Crippen LogP contribution in [-0.4, -0.2) is 71.6 Å². The summed E-state index contributed by atoms with van der Waals surface area (Å²) in [5, 5.41) is 13.4. The number of aliphatic hydroxyl groups excluding tert-OH is 1. The van der Waals surface area contributed by atoms with E-state index in [1.807, 2.05) is 0 Å². The molecule has 2 saturated heterocycles. The van der Waals surface area contributed by atoms with Gasteiger partial charge in [0.1, 0.15) is 24.9 Å². The van der Waals surface area contributed by atoms with Crippen molar-refractivity contribution in [1.82, 2.24) is 5.32 Å². The van der Waals surface area contributed by atoms with Gasteiger partial charge >= 0.3 is 17.9 Å². The first-order valence-electron chi connectivity index (χ1n) is 9.36. The Labute approximate surface area is 172 Å². The van der Waals surface area contributed by atoms with E-state index in [4.69, 9.17) is 18.9 Å². The molecule has 10 heteroatoms. The summed E-state index contributed by atoms with van der Waals surface area (Å²) in [4.78, 5) is 48.0. The van der Waals surface area contributed by atoms with E-state index in [2.05, 4.69) is 5.32 Å². The second-order valence-electron chi connectivity index (χ2n) is 7.35. The van der Waals surface area contributed by atoms with Crippen molar-refractivity contribution in [3.63, 3.8) is 0 Å². The second-order valence-corrected chi connectivity index (χ2v) is 7.35. The number of ether oxygens (including phenoxy) is 4. The standard InChI is InChI=1S/C20H23NO9/c1-10(22)27-9-13-15(28-11(2)23)14(24)16-17(29-13)20(3,19(26)30-16)21-18(25)12-7-5-4-6-8-12/h4-8,13-17,24H,9H2,1-3H3,(H,21,25)/t13-,14+,15-,16+,17+,20+/m1/s1. The molecule has 1 aromatic carbocycles. The minimum atomic E-state index is -1.63. The topological polar surface area (TPSA) is 137 Å². The molecular weight excluding hydrogens is 398 g/mol. The van der Waals surface area contributed by atoms with Crippen LogP contribution < -0.4 is 5.32 Å². The molecule has 0 radical (unpaired) electrons. The number of benzene rings is 1. The van der Waals surface area contributed by atoms with Crippen LogP contribution in [0.4, 0.5) is 0 Å². The van der Waals surface area contributed by atoms with E-state index in [-0.39, 0.29) is 6.61 Å². The molecule has 2 fully saturated rings. The molecule has 2 aliphatic heterocycles. The van der Waals surface area contributed by atoms with Gasteiger partial charge in [-0.1, -0.05) is 18.2 Å². The Balaban J connectivity index is 1.86. The van der Waals surface area contributed by atoms with Crippen LogP contribution in [0.2, 0.25) is 0 Å². The predicted molar refractivity (Wildman–Crippen MR) is 99.0 cm³/mol. The highest BCUT2D eigenvalue weighted by atomic mass is 16.6. The smallest absolute Gasteiger partial charge is 0.334 e. The van der Waals surface area contributed by atoms with E-state index in [9.17, 15) is 24.3 Å². The zero-order valence-corrected chi connectivity index (χ0v) is 16.7. The summed E-state index contributed by atoms with van der Waals surface area (Å²) in [5.74, 6) is -2.64. The molecule has 162 valence electrons. The zero-order valence-electron chi connectivity index (χ0n) is 16.7. The Morgan fingerprint density at radius 2 is 1.83 bits per heavy atom. The number of carbonyl (C=O) groups is 4. The fourth-order valence-electron chi connectivity index (χ4n) is 3.58. The van der Waals surface area contributed by atoms with E-state index in [0.717, 1.165) is 6.92 Å². The van der Waals surface area contributed by atoms with Gasteiger partial charge in [0.05, 0.1) is 0 Å². The molecule has 0 bridgehead atoms. The Morgan fingerprint density at radius 3 is 2.43 bits per heavy atom. The molecular formula is C20H23NO9. The van der Waals surface area contributed by atoms with Gasteiger partial charge in [-0.3, -0.25) is 14.4 Å². The number of amides is 1. The summed E-state index contributed by atoms with van der Waals surface area (Å²) >= 11 is 0. The SMILES string of the molecule is CC(=O)OC[C@H]1O[C@H]2[C@@H](OC(=O)[C@@]2(C)NC(=O)c2ccccc2)[C@@H](O)[C@@H]1OC(C)=O. The lowest BCUT2D eigenvalue weighted by Gasteiger charge is -2.42. The molecule has 2 N–H and O–H groups in total. The number of fused-ring (bicyclic) bond motifs is 1. The van der Waals surface area contributed by atoms with Crippen molar-refractivity contribution in [3.05, 3.63) is 35.9 Å². The van der Waals surface area contributed by atoms with Gasteiger partial charge in [0.2, 0.25) is 0 Å². The Morgan fingerprint density at radius 1 is 1.17 bits per heavy atom. The monoisotopic (exact) mass is 421 g/mol. The lowest BCUT2D eigenvalue weighted by molar-refractivity contribution is -0.233. The maximum absolute atomic E-state index is 12.7. The highest BCUT2D eigenvalue weighted by molar-refractivity contribution is 5.99. The molecule has 1 amide bonds. The van der Waals surface area contributed by atoms with Gasteiger partial charge in [-0.15, -0.1) is 0 Å². The molecule has 10 nitrogen and oxygen atoms in total. The number of esters is 3. The molecule has 2 heterocycles. The molecule has 6 atom stereocenters. The van der Waals surface area contributed by atoms with Crippen molar-refractivity contribution < 1.29 is 43.2 Å². The summed E-state index contributed by atoms with van der Waals surface area (Å²) in [6, 6.07) is 8.24. The average Bonchev–Trinajstić information content (AvgIpc) is 2.93. The maximum atomic E-state index is 12.7. The molecule has 0 aromatic heterocycles. The molecule has 30 heavy (non-hydrogen) atoms. The van der Waals surface area contributed by atoms with Crippen molar-refractivity contribution in [2.45, 2.75) is 56.8 Å². The van der Waals surface area contributed by atoms with E-state index in [1.165, 1.54) is 13.8 Å². The van der Waals surface area contributed by atoms with E-state index < -0.39 is 59.9 Å². The first-order valence-corrected chi connectivity index (χ1v) is 9.36. The van der Waals surface area contributed by atoms with Crippen molar-refractivity contribution in [2.75, 3.05) is 6.61 Å². The van der Waals surface area contributed by atoms with Crippen LogP contribution in [0.3, 0.4) is 0 Å². The fraction of sp³-hybridized carbons (Fsp3) is 0.500. The summed E-state index contributed by atoms with van der Waals surface area (Å²) in [7, 11) is 0. The third-order valence-electron chi connectivity index (χ3n) is 5.06. The summed E-state index contributed by atoms with van der Waals surface area (Å²) in [5.41, 5.74) is -1.31. The minimum absolute atomic E-state index is 0.320. The first-order chi connectivity index (χ1) is 14.1. The molecule has 1 aromatic rings. The van der Waals surface area contributed by atoms with Crippen molar-refractivity contribution in [3.8, 4) is 0 Å². The van der Waals surface area contributed by atoms with Crippen molar-refractivity contribution in [2.24, 2.45) is 0 Å². The number of carbonyl (C=O) groups excluding carboxylic acids is 4. The van der Waals surface area contributed by atoms with Crippen molar-refractivity contribution in [1.29, 1.82) is 0 Å². The van der Waals surface area contributed by atoms with E-state index in [1.54, 1.807) is 30.3 Å². The molecule has 3 rings (SSSR count). The van der Waals surface area contributed by atoms with Gasteiger partial charge in [-0.25, -0.2) is 4.79 Å². The molecule has 0 spiro atoms. The van der Waals surface area contributed by atoms with Gasteiger partial charge in [-0.05, 0) is 19.1 Å².